The second-order valence-corrected chi connectivity index (χ2v) is 8.44. The molecular formula is C25H27N3O7. The molecule has 1 saturated heterocycles. The van der Waals surface area contributed by atoms with Crippen molar-refractivity contribution in [3.63, 3.8) is 0 Å². The molecule has 1 aliphatic heterocycles. The molecule has 0 spiro atoms. The number of hydrogen-bond donors (Lipinski definition) is 4. The number of ether oxygens (including phenoxy) is 2. The zero-order valence-electron chi connectivity index (χ0n) is 19.0. The number of nitrogens with one attached hydrogen (secondary N) is 3. The van der Waals surface area contributed by atoms with Gasteiger partial charge in [-0.25, -0.2) is 9.59 Å². The van der Waals surface area contributed by atoms with Crippen LogP contribution < -0.4 is 16.0 Å². The molecule has 1 heterocycles. The van der Waals surface area contributed by atoms with Gasteiger partial charge in [0.1, 0.15) is 13.2 Å². The monoisotopic (exact) mass is 481 g/mol. The first-order valence-electron chi connectivity index (χ1n) is 11.4. The van der Waals surface area contributed by atoms with Crippen molar-refractivity contribution in [2.24, 2.45) is 5.92 Å². The fraction of sp³-hybridized carbons (Fsp3) is 0.360. The van der Waals surface area contributed by atoms with Gasteiger partial charge in [-0.1, -0.05) is 48.5 Å². The van der Waals surface area contributed by atoms with E-state index >= 15 is 0 Å². The zero-order chi connectivity index (χ0) is 24.8. The molecule has 0 radical (unpaired) electrons. The van der Waals surface area contributed by atoms with E-state index in [0.717, 1.165) is 22.3 Å². The van der Waals surface area contributed by atoms with Crippen LogP contribution in [0.5, 0.6) is 0 Å². The third kappa shape index (κ3) is 5.78. The minimum atomic E-state index is -1.06. The van der Waals surface area contributed by atoms with Gasteiger partial charge in [0.25, 0.3) is 0 Å². The molecule has 1 aliphatic carbocycles. The first-order valence-corrected chi connectivity index (χ1v) is 11.4. The second-order valence-electron chi connectivity index (χ2n) is 8.44. The fourth-order valence-electron chi connectivity index (χ4n) is 4.47. The lowest BCUT2D eigenvalue weighted by Gasteiger charge is -2.15. The Kier molecular flexibility index (Phi) is 7.61. The van der Waals surface area contributed by atoms with Gasteiger partial charge in [-0.05, 0) is 28.7 Å². The summed E-state index contributed by atoms with van der Waals surface area (Å²) in [6.45, 7) is -0.0381. The zero-order valence-corrected chi connectivity index (χ0v) is 19.0. The van der Waals surface area contributed by atoms with Crippen LogP contribution in [0.25, 0.3) is 11.1 Å². The minimum absolute atomic E-state index is 0.0864. The predicted octanol–water partition coefficient (Wildman–Crippen LogP) is 1.25. The minimum Gasteiger partial charge on any atom is -0.479 e. The molecule has 0 aromatic heterocycles. The molecule has 4 N–H and O–H groups in total. The Bertz CT molecular complexity index is 1070. The number of carboxylic acids is 1. The molecule has 2 aromatic rings. The van der Waals surface area contributed by atoms with Crippen molar-refractivity contribution in [2.75, 3.05) is 32.8 Å². The summed E-state index contributed by atoms with van der Waals surface area (Å²) in [6, 6.07) is 16.0. The number of carbonyl (C=O) groups is 4. The smallest absolute Gasteiger partial charge is 0.407 e. The Balaban J connectivity index is 1.16. The van der Waals surface area contributed by atoms with E-state index in [9.17, 15) is 19.2 Å². The van der Waals surface area contributed by atoms with Gasteiger partial charge in [-0.3, -0.25) is 9.59 Å². The molecule has 2 atom stereocenters. The Labute approximate surface area is 202 Å². The molecule has 10 nitrogen and oxygen atoms in total. The first kappa shape index (κ1) is 24.2. The van der Waals surface area contributed by atoms with Gasteiger partial charge < -0.3 is 30.5 Å². The van der Waals surface area contributed by atoms with Crippen LogP contribution in [0.1, 0.15) is 23.5 Å². The lowest BCUT2D eigenvalue weighted by molar-refractivity contribution is -0.149. The highest BCUT2D eigenvalue weighted by Gasteiger charge is 2.34. The maximum atomic E-state index is 12.1. The summed E-state index contributed by atoms with van der Waals surface area (Å²) < 4.78 is 10.5. The predicted molar refractivity (Wildman–Crippen MR) is 125 cm³/mol. The molecular weight excluding hydrogens is 454 g/mol. The van der Waals surface area contributed by atoms with Crippen molar-refractivity contribution in [3.8, 4) is 11.1 Å². The summed E-state index contributed by atoms with van der Waals surface area (Å²) >= 11 is 0. The molecule has 0 bridgehead atoms. The number of alkyl carbamates (subject to hydrolysis) is 1. The Morgan fingerprint density at radius 1 is 0.886 bits per heavy atom. The number of benzene rings is 2. The fourth-order valence-corrected chi connectivity index (χ4v) is 4.47. The number of rotatable bonds is 9. The van der Waals surface area contributed by atoms with Crippen LogP contribution in [0.4, 0.5) is 4.79 Å². The van der Waals surface area contributed by atoms with Crippen LogP contribution in [0.15, 0.2) is 48.5 Å². The van der Waals surface area contributed by atoms with Crippen LogP contribution in [0.2, 0.25) is 0 Å². The van der Waals surface area contributed by atoms with Crippen LogP contribution in [-0.2, 0) is 23.9 Å². The van der Waals surface area contributed by atoms with E-state index in [1.54, 1.807) is 0 Å². The van der Waals surface area contributed by atoms with E-state index < -0.39 is 30.0 Å². The first-order chi connectivity index (χ1) is 16.9. The van der Waals surface area contributed by atoms with Crippen molar-refractivity contribution < 1.29 is 33.8 Å². The summed E-state index contributed by atoms with van der Waals surface area (Å²) in [5.74, 6) is -2.48. The van der Waals surface area contributed by atoms with E-state index in [0.29, 0.717) is 13.0 Å². The third-order valence-electron chi connectivity index (χ3n) is 6.20. The van der Waals surface area contributed by atoms with Gasteiger partial charge in [0.15, 0.2) is 6.10 Å². The maximum Gasteiger partial charge on any atom is 0.407 e. The highest BCUT2D eigenvalue weighted by molar-refractivity contribution is 5.87. The number of carbonyl (C=O) groups excluding carboxylic acids is 3. The number of carboxylic acid groups (broad SMARTS) is 1. The molecule has 2 aromatic carbocycles. The van der Waals surface area contributed by atoms with Crippen molar-refractivity contribution in [1.29, 1.82) is 0 Å². The van der Waals surface area contributed by atoms with E-state index in [4.69, 9.17) is 14.6 Å². The van der Waals surface area contributed by atoms with Crippen LogP contribution >= 0.6 is 0 Å². The Morgan fingerprint density at radius 3 is 2.14 bits per heavy atom. The average molecular weight is 482 g/mol. The topological polar surface area (TPSA) is 143 Å². The molecule has 35 heavy (non-hydrogen) atoms. The van der Waals surface area contributed by atoms with Gasteiger partial charge >= 0.3 is 12.1 Å². The summed E-state index contributed by atoms with van der Waals surface area (Å²) in [5, 5.41) is 16.5. The van der Waals surface area contributed by atoms with Gasteiger partial charge in [0, 0.05) is 25.0 Å². The number of hydrogen-bond acceptors (Lipinski definition) is 6. The molecule has 3 amide bonds. The molecule has 2 aliphatic rings. The summed E-state index contributed by atoms with van der Waals surface area (Å²) in [6.07, 6.45) is -1.13. The second kappa shape index (κ2) is 11.0. The summed E-state index contributed by atoms with van der Waals surface area (Å²) in [7, 11) is 0. The highest BCUT2D eigenvalue weighted by Crippen LogP contribution is 2.44. The molecule has 184 valence electrons. The average Bonchev–Trinajstić information content (AvgIpc) is 3.46. The Hall–Kier alpha value is -3.92. The van der Waals surface area contributed by atoms with Crippen LogP contribution in [-0.4, -0.2) is 67.9 Å². The number of aliphatic carboxylic acids is 1. The van der Waals surface area contributed by atoms with Crippen molar-refractivity contribution in [1.82, 2.24) is 16.0 Å². The number of fused-ring (bicyclic) bond motifs is 3. The van der Waals surface area contributed by atoms with Gasteiger partial charge in [0.05, 0.1) is 6.54 Å². The molecule has 2 unspecified atom stereocenters. The van der Waals surface area contributed by atoms with Crippen molar-refractivity contribution in [2.45, 2.75) is 18.4 Å². The lowest BCUT2D eigenvalue weighted by atomic mass is 9.98. The van der Waals surface area contributed by atoms with E-state index in [-0.39, 0.29) is 38.1 Å². The lowest BCUT2D eigenvalue weighted by Crippen LogP contribution is -2.44. The van der Waals surface area contributed by atoms with Crippen LogP contribution in [0.3, 0.4) is 0 Å². The van der Waals surface area contributed by atoms with Crippen molar-refractivity contribution >= 4 is 23.9 Å². The van der Waals surface area contributed by atoms with Crippen LogP contribution in [0, 0.1) is 5.92 Å². The standard InChI is InChI=1S/C25H27N3O7/c29-21(26-11-15-9-10-34-23(15)24(31)32)12-27-22(30)13-28-25(33)35-14-20-18-7-3-1-5-16(18)17-6-2-4-8-19(17)20/h1-8,15,20,23H,9-14H2,(H,26,29)(H,27,30)(H,28,33)(H,31,32). The normalized spacial score (nSPS) is 18.3. The van der Waals surface area contributed by atoms with E-state index in [1.165, 1.54) is 0 Å². The third-order valence-corrected chi connectivity index (χ3v) is 6.20. The largest absolute Gasteiger partial charge is 0.479 e. The van der Waals surface area contributed by atoms with Gasteiger partial charge in [-0.2, -0.15) is 0 Å². The molecule has 0 saturated carbocycles. The molecule has 4 rings (SSSR count). The molecule has 1 fully saturated rings. The Morgan fingerprint density at radius 2 is 1.49 bits per heavy atom. The van der Waals surface area contributed by atoms with Gasteiger partial charge in [0.2, 0.25) is 11.8 Å². The maximum absolute atomic E-state index is 12.1. The van der Waals surface area contributed by atoms with E-state index in [2.05, 4.69) is 16.0 Å². The summed E-state index contributed by atoms with van der Waals surface area (Å²) in [4.78, 5) is 47.2. The number of amides is 3. The SMILES string of the molecule is O=C(CNC(=O)CNC(=O)OCC1c2ccccc2-c2ccccc21)NCC1CCOC1C(=O)O. The van der Waals surface area contributed by atoms with Gasteiger partial charge in [-0.15, -0.1) is 0 Å². The quantitative estimate of drug-likeness (QED) is 0.422. The molecule has 10 heteroatoms. The van der Waals surface area contributed by atoms with Crippen molar-refractivity contribution in [3.05, 3.63) is 59.7 Å². The highest BCUT2D eigenvalue weighted by atomic mass is 16.5. The summed E-state index contributed by atoms with van der Waals surface area (Å²) in [5.41, 5.74) is 4.41. The van der Waals surface area contributed by atoms with E-state index in [1.807, 2.05) is 48.5 Å².